The zero-order chi connectivity index (χ0) is 4.31. The second kappa shape index (κ2) is 0.570. The molecule has 2 rings (SSSR count). The molecule has 2 aliphatic heterocycles. The van der Waals surface area contributed by atoms with Crippen LogP contribution in [0.3, 0.4) is 0 Å². The normalized spacial score (nSPS) is 31.0. The van der Waals surface area contributed by atoms with Gasteiger partial charge in [0, 0.05) is 0 Å². The van der Waals surface area contributed by atoms with Crippen molar-refractivity contribution < 1.29 is 10.2 Å². The lowest BCUT2D eigenvalue weighted by molar-refractivity contribution is 0.279. The van der Waals surface area contributed by atoms with Crippen LogP contribution < -0.4 is 0 Å². The van der Waals surface area contributed by atoms with Crippen molar-refractivity contribution in [1.29, 1.82) is 0 Å². The van der Waals surface area contributed by atoms with E-state index in [2.05, 4.69) is 0 Å². The first-order valence-electron chi connectivity index (χ1n) is 2.18. The molecule has 0 atom stereocenters. The van der Waals surface area contributed by atoms with E-state index in [9.17, 15) is 0 Å². The first-order chi connectivity index (χ1) is 2.82. The lowest BCUT2D eigenvalue weighted by Gasteiger charge is -1.94. The van der Waals surface area contributed by atoms with Crippen molar-refractivity contribution in [2.45, 2.75) is 11.8 Å². The third kappa shape index (κ3) is 0.146. The summed E-state index contributed by atoms with van der Waals surface area (Å²) in [5, 5.41) is 17.0. The quantitative estimate of drug-likeness (QED) is 0.330. The number of rotatable bonds is 0. The Morgan fingerprint density at radius 3 is 1.33 bits per heavy atom. The van der Waals surface area contributed by atoms with Gasteiger partial charge >= 0.3 is 0 Å². The summed E-state index contributed by atoms with van der Waals surface area (Å²) in [6.45, 7) is 0.593. The summed E-state index contributed by atoms with van der Waals surface area (Å²) in [4.78, 5) is 0. The lowest BCUT2D eigenvalue weighted by Crippen LogP contribution is -2.17. The minimum atomic E-state index is -0.125. The number of hydrogen-bond acceptors (Lipinski definition) is 2. The summed E-state index contributed by atoms with van der Waals surface area (Å²) in [5.41, 5.74) is 0. The summed E-state index contributed by atoms with van der Waals surface area (Å²) in [6, 6.07) is 0. The van der Waals surface area contributed by atoms with E-state index in [1.165, 1.54) is 0 Å². The fourth-order valence-corrected chi connectivity index (χ4v) is 0.942. The molecule has 0 unspecified atom stereocenters. The van der Waals surface area contributed by atoms with Gasteiger partial charge in [-0.1, -0.05) is 0 Å². The van der Waals surface area contributed by atoms with Crippen molar-refractivity contribution in [3.05, 3.63) is 0 Å². The highest BCUT2D eigenvalue weighted by Gasteiger charge is 2.78. The lowest BCUT2D eigenvalue weighted by atomic mass is 9.81. The molecule has 0 aliphatic carbocycles. The van der Waals surface area contributed by atoms with E-state index < -0.39 is 0 Å². The first-order valence-corrected chi connectivity index (χ1v) is 2.18. The van der Waals surface area contributed by atoms with Gasteiger partial charge in [-0.05, 0) is 11.8 Å². The predicted octanol–water partition coefficient (Wildman–Crippen LogP) is -2.04. The van der Waals surface area contributed by atoms with E-state index >= 15 is 0 Å². The van der Waals surface area contributed by atoms with Crippen molar-refractivity contribution in [2.24, 2.45) is 0 Å². The van der Waals surface area contributed by atoms with Crippen LogP contribution >= 0.6 is 0 Å². The Balaban J connectivity index is 2.06. The molecule has 0 aromatic carbocycles. The fourth-order valence-electron chi connectivity index (χ4n) is 0.942. The maximum Gasteiger partial charge on any atom is 0.164 e. The molecule has 0 bridgehead atoms. The summed E-state index contributed by atoms with van der Waals surface area (Å²) < 4.78 is 0. The van der Waals surface area contributed by atoms with Crippen LogP contribution in [0.5, 0.6) is 0 Å². The molecule has 0 spiro atoms. The van der Waals surface area contributed by atoms with Crippen LogP contribution in [0.1, 0.15) is 0 Å². The van der Waals surface area contributed by atoms with Crippen LogP contribution in [0.15, 0.2) is 0 Å². The average Bonchev–Trinajstić information content (AvgIpc) is 2.28. The summed E-state index contributed by atoms with van der Waals surface area (Å²) in [7, 11) is 0. The van der Waals surface area contributed by atoms with Crippen LogP contribution in [-0.2, 0) is 0 Å². The Morgan fingerprint density at radius 1 is 1.00 bits per heavy atom. The van der Waals surface area contributed by atoms with Crippen LogP contribution in [-0.4, -0.2) is 35.2 Å². The van der Waals surface area contributed by atoms with Crippen molar-refractivity contribution in [3.63, 3.8) is 0 Å². The Hall–Kier alpha value is 0.0499. The number of aliphatic hydroxyl groups is 2. The molecule has 2 nitrogen and oxygen atoms in total. The molecule has 30 valence electrons. The van der Waals surface area contributed by atoms with E-state index in [0.717, 1.165) is 0 Å². The standard InChI is InChI=1S/C2H4B2O2/c5-1-3-2(6)4(1)3/h1-2,5-6H. The van der Waals surface area contributed by atoms with E-state index in [1.807, 2.05) is 0 Å². The van der Waals surface area contributed by atoms with Crippen molar-refractivity contribution in [3.8, 4) is 0 Å². The minimum absolute atomic E-state index is 0.125. The van der Waals surface area contributed by atoms with E-state index in [4.69, 9.17) is 10.2 Å². The highest BCUT2D eigenvalue weighted by Crippen LogP contribution is 2.41. The zero-order valence-corrected chi connectivity index (χ0v) is 3.20. The van der Waals surface area contributed by atoms with Crippen molar-refractivity contribution >= 4 is 13.2 Å². The second-order valence-electron chi connectivity index (χ2n) is 2.14. The topological polar surface area (TPSA) is 40.5 Å². The molecule has 4 heteroatoms. The SMILES string of the molecule is OC1B2B1C2O. The van der Waals surface area contributed by atoms with Crippen molar-refractivity contribution in [2.75, 3.05) is 0 Å². The minimum Gasteiger partial charge on any atom is -0.410 e. The van der Waals surface area contributed by atoms with Gasteiger partial charge in [-0.25, -0.2) is 0 Å². The molecule has 6 heavy (non-hydrogen) atoms. The van der Waals surface area contributed by atoms with E-state index in [1.54, 1.807) is 0 Å². The molecule has 2 N–H and O–H groups in total. The molecule has 0 radical (unpaired) electrons. The third-order valence-electron chi connectivity index (χ3n) is 1.74. The van der Waals surface area contributed by atoms with Gasteiger partial charge in [0.2, 0.25) is 0 Å². The maximum atomic E-state index is 8.50. The van der Waals surface area contributed by atoms with Gasteiger partial charge in [-0.15, -0.1) is 0 Å². The van der Waals surface area contributed by atoms with Gasteiger partial charge in [-0.2, -0.15) is 0 Å². The molecular formula is C2H4B2O2. The van der Waals surface area contributed by atoms with Gasteiger partial charge in [-0.3, -0.25) is 0 Å². The largest absolute Gasteiger partial charge is 0.410 e. The molecule has 2 fully saturated rings. The van der Waals surface area contributed by atoms with E-state index in [-0.39, 0.29) is 11.8 Å². The first kappa shape index (κ1) is 3.10. The summed E-state index contributed by atoms with van der Waals surface area (Å²) in [5.74, 6) is -0.250. The molecule has 2 heterocycles. The molecular weight excluding hydrogens is 77.6 g/mol. The zero-order valence-electron chi connectivity index (χ0n) is 3.20. The van der Waals surface area contributed by atoms with E-state index in [0.29, 0.717) is 13.2 Å². The van der Waals surface area contributed by atoms with Gasteiger partial charge in [0.25, 0.3) is 0 Å². The fraction of sp³-hybridized carbons (Fsp3) is 1.00. The van der Waals surface area contributed by atoms with Crippen LogP contribution in [0, 0.1) is 0 Å². The maximum absolute atomic E-state index is 8.50. The van der Waals surface area contributed by atoms with Gasteiger partial charge in [0.05, 0.1) is 0 Å². The van der Waals surface area contributed by atoms with Crippen LogP contribution in [0.4, 0.5) is 0 Å². The Bertz CT molecular complexity index is 75.5. The number of aliphatic hydroxyl groups excluding tert-OH is 2. The van der Waals surface area contributed by atoms with Crippen LogP contribution in [0.2, 0.25) is 0 Å². The second-order valence-corrected chi connectivity index (χ2v) is 2.14. The van der Waals surface area contributed by atoms with Gasteiger partial charge in [0.15, 0.2) is 13.2 Å². The monoisotopic (exact) mass is 82.0 g/mol. The molecule has 0 saturated carbocycles. The Labute approximate surface area is 36.3 Å². The number of fused-ring (bicyclic) bond motifs is 1. The average molecular weight is 81.7 g/mol. The smallest absolute Gasteiger partial charge is 0.164 e. The number of hydrogen-bond donors (Lipinski definition) is 2. The predicted molar refractivity (Wildman–Crippen MR) is 23.5 cm³/mol. The Kier molecular flexibility index (Phi) is 0.295. The van der Waals surface area contributed by atoms with Crippen molar-refractivity contribution in [1.82, 2.24) is 0 Å². The molecule has 0 aromatic rings. The molecule has 0 amide bonds. The van der Waals surface area contributed by atoms with Crippen LogP contribution in [0.25, 0.3) is 0 Å². The Morgan fingerprint density at radius 2 is 1.33 bits per heavy atom. The van der Waals surface area contributed by atoms with Gasteiger partial charge in [0.1, 0.15) is 0 Å². The molecule has 0 aromatic heterocycles. The summed E-state index contributed by atoms with van der Waals surface area (Å²) >= 11 is 0. The highest BCUT2D eigenvalue weighted by atomic mass is 16.3. The summed E-state index contributed by atoms with van der Waals surface area (Å²) in [6.07, 6.45) is 0. The highest BCUT2D eigenvalue weighted by molar-refractivity contribution is 7.60. The molecule has 2 aliphatic rings. The third-order valence-corrected chi connectivity index (χ3v) is 1.74. The molecule has 2 saturated heterocycles. The van der Waals surface area contributed by atoms with Gasteiger partial charge < -0.3 is 10.2 Å².